The summed E-state index contributed by atoms with van der Waals surface area (Å²) in [4.78, 5) is 16.4. The number of hydrogen-bond acceptors (Lipinski definition) is 5. The van der Waals surface area contributed by atoms with E-state index in [1.54, 1.807) is 39.8 Å². The Hall–Kier alpha value is -2.11. The number of halogens is 3. The number of amides is 1. The van der Waals surface area contributed by atoms with Crippen molar-refractivity contribution in [3.63, 3.8) is 0 Å². The van der Waals surface area contributed by atoms with Gasteiger partial charge in [0.05, 0.1) is 20.7 Å². The van der Waals surface area contributed by atoms with Gasteiger partial charge in [0.25, 0.3) is 0 Å². The zero-order valence-corrected chi connectivity index (χ0v) is 19.2. The summed E-state index contributed by atoms with van der Waals surface area (Å²) in [5.74, 6) is -0.429. The lowest BCUT2D eigenvalue weighted by molar-refractivity contribution is -0.137. The standard InChI is InChI=1S/C20H24F3N3O3S2/c1-5-26(6-2)31(28,29)17-11-16(9-7-13(17)3)25-19(27)14(4)30-18-10-8-15(12-24-18)20(21,22)23/h7-12,14H,5-6H2,1-4H3,(H,25,27). The zero-order chi connectivity index (χ0) is 23.4. The number of pyridine rings is 1. The van der Waals surface area contributed by atoms with Gasteiger partial charge in [0, 0.05) is 25.0 Å². The van der Waals surface area contributed by atoms with E-state index in [2.05, 4.69) is 10.3 Å². The van der Waals surface area contributed by atoms with Crippen molar-refractivity contribution in [3.05, 3.63) is 47.7 Å². The number of aromatic nitrogens is 1. The first kappa shape index (κ1) is 25.2. The van der Waals surface area contributed by atoms with Crippen molar-refractivity contribution in [2.24, 2.45) is 0 Å². The monoisotopic (exact) mass is 475 g/mol. The molecule has 0 saturated carbocycles. The van der Waals surface area contributed by atoms with Gasteiger partial charge in [-0.25, -0.2) is 13.4 Å². The number of rotatable bonds is 8. The van der Waals surface area contributed by atoms with E-state index in [0.29, 0.717) is 24.3 Å². The SMILES string of the molecule is CCN(CC)S(=O)(=O)c1cc(NC(=O)C(C)Sc2ccc(C(F)(F)F)cn2)ccc1C. The van der Waals surface area contributed by atoms with Crippen molar-refractivity contribution in [1.82, 2.24) is 9.29 Å². The molecule has 0 saturated heterocycles. The maximum atomic E-state index is 12.8. The van der Waals surface area contributed by atoms with E-state index in [0.717, 1.165) is 24.0 Å². The Morgan fingerprint density at radius 2 is 1.84 bits per heavy atom. The van der Waals surface area contributed by atoms with Crippen LogP contribution in [-0.4, -0.2) is 42.0 Å². The van der Waals surface area contributed by atoms with E-state index in [-0.39, 0.29) is 9.92 Å². The predicted molar refractivity (Wildman–Crippen MR) is 114 cm³/mol. The molecular weight excluding hydrogens is 451 g/mol. The molecule has 0 fully saturated rings. The number of carbonyl (C=O) groups is 1. The Morgan fingerprint density at radius 3 is 2.35 bits per heavy atom. The van der Waals surface area contributed by atoms with Gasteiger partial charge in [-0.15, -0.1) is 0 Å². The number of alkyl halides is 3. The Kier molecular flexibility index (Phi) is 8.12. The molecule has 1 aromatic heterocycles. The lowest BCUT2D eigenvalue weighted by Crippen LogP contribution is -2.31. The van der Waals surface area contributed by atoms with E-state index in [1.165, 1.54) is 16.4 Å². The molecule has 1 heterocycles. The number of carbonyl (C=O) groups excluding carboxylic acids is 1. The van der Waals surface area contributed by atoms with E-state index in [1.807, 2.05) is 0 Å². The molecule has 0 radical (unpaired) electrons. The quantitative estimate of drug-likeness (QED) is 0.567. The second-order valence-corrected chi connectivity index (χ2v) is 9.97. The molecule has 1 amide bonds. The second kappa shape index (κ2) is 10.0. The van der Waals surface area contributed by atoms with Crippen LogP contribution in [0.3, 0.4) is 0 Å². The number of anilines is 1. The summed E-state index contributed by atoms with van der Waals surface area (Å²) in [5, 5.41) is 2.26. The molecule has 1 aromatic carbocycles. The largest absolute Gasteiger partial charge is 0.417 e. The van der Waals surface area contributed by atoms with Crippen LogP contribution in [0.2, 0.25) is 0 Å². The lowest BCUT2D eigenvalue weighted by atomic mass is 10.2. The molecule has 1 N–H and O–H groups in total. The Labute approximate surface area is 184 Å². The predicted octanol–water partition coefficient (Wildman–Crippen LogP) is 4.56. The molecule has 0 spiro atoms. The zero-order valence-electron chi connectivity index (χ0n) is 17.5. The Balaban J connectivity index is 2.15. The number of hydrogen-bond donors (Lipinski definition) is 1. The molecular formula is C20H24F3N3O3S2. The fourth-order valence-electron chi connectivity index (χ4n) is 2.75. The molecule has 0 aliphatic carbocycles. The summed E-state index contributed by atoms with van der Waals surface area (Å²) < 4.78 is 64.9. The number of thioether (sulfide) groups is 1. The summed E-state index contributed by atoms with van der Waals surface area (Å²) in [6.45, 7) is 7.40. The third-order valence-electron chi connectivity index (χ3n) is 4.51. The first-order valence-corrected chi connectivity index (χ1v) is 11.8. The van der Waals surface area contributed by atoms with Gasteiger partial charge in [-0.05, 0) is 43.7 Å². The maximum Gasteiger partial charge on any atom is 0.417 e. The van der Waals surface area contributed by atoms with Crippen LogP contribution in [0.1, 0.15) is 31.9 Å². The molecule has 0 aliphatic rings. The summed E-state index contributed by atoms with van der Waals surface area (Å²) in [6.07, 6.45) is -3.76. The number of benzene rings is 1. The minimum absolute atomic E-state index is 0.110. The molecule has 2 rings (SSSR count). The van der Waals surface area contributed by atoms with Crippen molar-refractivity contribution in [2.45, 2.75) is 49.0 Å². The summed E-state index contributed by atoms with van der Waals surface area (Å²) in [5.41, 5.74) is 0.00554. The fraction of sp³-hybridized carbons (Fsp3) is 0.400. The van der Waals surface area contributed by atoms with Gasteiger partial charge in [-0.3, -0.25) is 4.79 Å². The highest BCUT2D eigenvalue weighted by Crippen LogP contribution is 2.31. The smallest absolute Gasteiger partial charge is 0.325 e. The number of nitrogens with one attached hydrogen (secondary N) is 1. The minimum atomic E-state index is -4.48. The molecule has 1 atom stereocenters. The molecule has 0 bridgehead atoms. The van der Waals surface area contributed by atoms with Crippen molar-refractivity contribution in [1.29, 1.82) is 0 Å². The first-order chi connectivity index (χ1) is 14.4. The molecule has 6 nitrogen and oxygen atoms in total. The molecule has 170 valence electrons. The van der Waals surface area contributed by atoms with Gasteiger partial charge in [0.2, 0.25) is 15.9 Å². The highest BCUT2D eigenvalue weighted by atomic mass is 32.2. The van der Waals surface area contributed by atoms with E-state index >= 15 is 0 Å². The van der Waals surface area contributed by atoms with Gasteiger partial charge in [0.15, 0.2) is 0 Å². The molecule has 11 heteroatoms. The van der Waals surface area contributed by atoms with Crippen LogP contribution in [0, 0.1) is 6.92 Å². The van der Waals surface area contributed by atoms with Crippen LogP contribution >= 0.6 is 11.8 Å². The van der Waals surface area contributed by atoms with Crippen molar-refractivity contribution >= 4 is 33.4 Å². The topological polar surface area (TPSA) is 79.4 Å². The highest BCUT2D eigenvalue weighted by molar-refractivity contribution is 8.00. The normalized spacial score (nSPS) is 13.3. The minimum Gasteiger partial charge on any atom is -0.325 e. The van der Waals surface area contributed by atoms with Crippen LogP contribution in [0.15, 0.2) is 46.5 Å². The Bertz CT molecular complexity index is 1020. The maximum absolute atomic E-state index is 12.8. The van der Waals surface area contributed by atoms with Crippen LogP contribution in [-0.2, 0) is 21.0 Å². The van der Waals surface area contributed by atoms with Gasteiger partial charge in [-0.2, -0.15) is 17.5 Å². The molecule has 2 aromatic rings. The van der Waals surface area contributed by atoms with Gasteiger partial charge in [0.1, 0.15) is 0 Å². The average Bonchev–Trinajstić information content (AvgIpc) is 2.69. The van der Waals surface area contributed by atoms with Crippen LogP contribution < -0.4 is 5.32 Å². The number of aryl methyl sites for hydroxylation is 1. The first-order valence-electron chi connectivity index (χ1n) is 9.51. The highest BCUT2D eigenvalue weighted by Gasteiger charge is 2.31. The number of sulfonamides is 1. The molecule has 31 heavy (non-hydrogen) atoms. The summed E-state index contributed by atoms with van der Waals surface area (Å²) in [7, 11) is -3.70. The van der Waals surface area contributed by atoms with Gasteiger partial charge >= 0.3 is 6.18 Å². The summed E-state index contributed by atoms with van der Waals surface area (Å²) in [6, 6.07) is 6.74. The molecule has 1 unspecified atom stereocenters. The van der Waals surface area contributed by atoms with Crippen molar-refractivity contribution in [3.8, 4) is 0 Å². The summed E-state index contributed by atoms with van der Waals surface area (Å²) >= 11 is 0.998. The number of nitrogens with zero attached hydrogens (tertiary/aromatic N) is 2. The molecule has 0 aliphatic heterocycles. The third-order valence-corrected chi connectivity index (χ3v) is 7.75. The van der Waals surface area contributed by atoms with E-state index in [9.17, 15) is 26.4 Å². The third kappa shape index (κ3) is 6.20. The van der Waals surface area contributed by atoms with Gasteiger partial charge in [-0.1, -0.05) is 31.7 Å². The van der Waals surface area contributed by atoms with Crippen LogP contribution in [0.5, 0.6) is 0 Å². The Morgan fingerprint density at radius 1 is 1.19 bits per heavy atom. The fourth-order valence-corrected chi connectivity index (χ4v) is 5.25. The second-order valence-electron chi connectivity index (χ2n) is 6.70. The van der Waals surface area contributed by atoms with E-state index < -0.39 is 32.9 Å². The average molecular weight is 476 g/mol. The van der Waals surface area contributed by atoms with Crippen molar-refractivity contribution < 1.29 is 26.4 Å². The van der Waals surface area contributed by atoms with Crippen LogP contribution in [0.4, 0.5) is 18.9 Å². The van der Waals surface area contributed by atoms with Gasteiger partial charge < -0.3 is 5.32 Å². The van der Waals surface area contributed by atoms with Crippen molar-refractivity contribution in [2.75, 3.05) is 18.4 Å². The van der Waals surface area contributed by atoms with Crippen LogP contribution in [0.25, 0.3) is 0 Å². The lowest BCUT2D eigenvalue weighted by Gasteiger charge is -2.20. The van der Waals surface area contributed by atoms with E-state index in [4.69, 9.17) is 0 Å².